The predicted octanol–water partition coefficient (Wildman–Crippen LogP) is 5.67. The summed E-state index contributed by atoms with van der Waals surface area (Å²) in [6, 6.07) is 15.5. The summed E-state index contributed by atoms with van der Waals surface area (Å²) in [6.07, 6.45) is 0. The van der Waals surface area contributed by atoms with Gasteiger partial charge in [0.15, 0.2) is 0 Å². The number of amides is 1. The van der Waals surface area contributed by atoms with E-state index in [2.05, 4.69) is 5.32 Å². The van der Waals surface area contributed by atoms with Crippen LogP contribution in [0.5, 0.6) is 0 Å². The maximum Gasteiger partial charge on any atom is 0.348 e. The molecule has 0 aliphatic heterocycles. The van der Waals surface area contributed by atoms with E-state index in [9.17, 15) is 14.7 Å². The van der Waals surface area contributed by atoms with Crippen LogP contribution >= 0.6 is 34.5 Å². The SMILES string of the molecule is O=C(Nc1cc(-c2ccccc2)sc1C(=O)O)c1ccc(Cl)cc1Cl. The number of aromatic carboxylic acids is 1. The normalized spacial score (nSPS) is 10.5. The van der Waals surface area contributed by atoms with Crippen LogP contribution < -0.4 is 5.32 Å². The van der Waals surface area contributed by atoms with Gasteiger partial charge in [-0.2, -0.15) is 0 Å². The number of rotatable bonds is 4. The van der Waals surface area contributed by atoms with E-state index in [1.54, 1.807) is 12.1 Å². The Kier molecular flexibility index (Phi) is 5.08. The molecule has 0 unspecified atom stereocenters. The Bertz CT molecular complexity index is 954. The third kappa shape index (κ3) is 3.85. The zero-order valence-corrected chi connectivity index (χ0v) is 15.0. The second kappa shape index (κ2) is 7.27. The summed E-state index contributed by atoms with van der Waals surface area (Å²) in [4.78, 5) is 24.8. The van der Waals surface area contributed by atoms with Crippen LogP contribution in [0.1, 0.15) is 20.0 Å². The Morgan fingerprint density at radius 3 is 2.36 bits per heavy atom. The Morgan fingerprint density at radius 2 is 1.72 bits per heavy atom. The number of thiophene rings is 1. The van der Waals surface area contributed by atoms with Gasteiger partial charge in [0, 0.05) is 9.90 Å². The molecule has 25 heavy (non-hydrogen) atoms. The first-order valence-corrected chi connectivity index (χ1v) is 8.72. The lowest BCUT2D eigenvalue weighted by Gasteiger charge is -2.06. The average molecular weight is 392 g/mol. The minimum atomic E-state index is -1.11. The number of anilines is 1. The molecule has 126 valence electrons. The van der Waals surface area contributed by atoms with Crippen molar-refractivity contribution in [2.24, 2.45) is 0 Å². The van der Waals surface area contributed by atoms with Crippen LogP contribution in [0.2, 0.25) is 10.0 Å². The summed E-state index contributed by atoms with van der Waals surface area (Å²) in [5, 5.41) is 12.6. The summed E-state index contributed by atoms with van der Waals surface area (Å²) in [5.41, 5.74) is 1.32. The number of hydrogen-bond acceptors (Lipinski definition) is 3. The molecular formula is C18H11Cl2NO3S. The molecule has 3 rings (SSSR count). The third-order valence-corrected chi connectivity index (χ3v) is 5.13. The molecule has 3 aromatic rings. The molecule has 0 radical (unpaired) electrons. The molecular weight excluding hydrogens is 381 g/mol. The van der Waals surface area contributed by atoms with E-state index in [1.165, 1.54) is 12.1 Å². The Balaban J connectivity index is 1.95. The fourth-order valence-electron chi connectivity index (χ4n) is 2.25. The molecule has 1 amide bonds. The van der Waals surface area contributed by atoms with E-state index in [-0.39, 0.29) is 21.2 Å². The molecule has 0 aliphatic rings. The molecule has 2 N–H and O–H groups in total. The van der Waals surface area contributed by atoms with E-state index in [4.69, 9.17) is 23.2 Å². The number of nitrogens with one attached hydrogen (secondary N) is 1. The average Bonchev–Trinajstić information content (AvgIpc) is 2.99. The molecule has 1 heterocycles. The predicted molar refractivity (Wildman–Crippen MR) is 101 cm³/mol. The molecule has 7 heteroatoms. The monoisotopic (exact) mass is 391 g/mol. The van der Waals surface area contributed by atoms with Gasteiger partial charge in [0.1, 0.15) is 4.88 Å². The highest BCUT2D eigenvalue weighted by Gasteiger charge is 2.20. The van der Waals surface area contributed by atoms with Gasteiger partial charge in [-0.15, -0.1) is 11.3 Å². The standard InChI is InChI=1S/C18H11Cl2NO3S/c19-11-6-7-12(13(20)8-11)17(22)21-14-9-15(25-16(14)18(23)24)10-4-2-1-3-5-10/h1-9H,(H,21,22)(H,23,24). The molecule has 0 spiro atoms. The highest BCUT2D eigenvalue weighted by Crippen LogP contribution is 2.35. The first kappa shape index (κ1) is 17.5. The minimum absolute atomic E-state index is 0.0530. The van der Waals surface area contributed by atoms with Gasteiger partial charge in [0.2, 0.25) is 0 Å². The van der Waals surface area contributed by atoms with Gasteiger partial charge in [0.05, 0.1) is 16.3 Å². The molecule has 0 saturated carbocycles. The van der Waals surface area contributed by atoms with Gasteiger partial charge < -0.3 is 10.4 Å². The molecule has 1 aromatic heterocycles. The molecule has 0 atom stereocenters. The first-order valence-electron chi connectivity index (χ1n) is 7.14. The van der Waals surface area contributed by atoms with Crippen LogP contribution in [-0.2, 0) is 0 Å². The Labute approximate surface area is 157 Å². The number of carboxylic acids is 1. The lowest BCUT2D eigenvalue weighted by molar-refractivity contribution is 0.0703. The molecule has 0 fully saturated rings. The minimum Gasteiger partial charge on any atom is -0.477 e. The van der Waals surface area contributed by atoms with Gasteiger partial charge in [-0.25, -0.2) is 4.79 Å². The number of carbonyl (C=O) groups excluding carboxylic acids is 1. The second-order valence-corrected chi connectivity index (χ2v) is 7.00. The van der Waals surface area contributed by atoms with Crippen molar-refractivity contribution in [1.29, 1.82) is 0 Å². The molecule has 2 aromatic carbocycles. The van der Waals surface area contributed by atoms with E-state index in [1.807, 2.05) is 30.3 Å². The molecule has 0 aliphatic carbocycles. The Hall–Kier alpha value is -2.34. The van der Waals surface area contributed by atoms with Crippen molar-refractivity contribution in [3.05, 3.63) is 75.1 Å². The van der Waals surface area contributed by atoms with Crippen LogP contribution in [-0.4, -0.2) is 17.0 Å². The number of carboxylic acid groups (broad SMARTS) is 1. The zero-order chi connectivity index (χ0) is 18.0. The molecule has 4 nitrogen and oxygen atoms in total. The summed E-state index contributed by atoms with van der Waals surface area (Å²) >= 11 is 13.0. The van der Waals surface area contributed by atoms with Gasteiger partial charge in [-0.3, -0.25) is 4.79 Å². The van der Waals surface area contributed by atoms with Crippen LogP contribution in [0.25, 0.3) is 10.4 Å². The van der Waals surface area contributed by atoms with Crippen LogP contribution in [0.3, 0.4) is 0 Å². The fourth-order valence-corrected chi connectivity index (χ4v) is 3.70. The van der Waals surface area contributed by atoms with Crippen molar-refractivity contribution in [2.45, 2.75) is 0 Å². The van der Waals surface area contributed by atoms with Gasteiger partial charge in [0.25, 0.3) is 5.91 Å². The summed E-state index contributed by atoms with van der Waals surface area (Å²) in [5.74, 6) is -1.61. The highest BCUT2D eigenvalue weighted by molar-refractivity contribution is 7.18. The summed E-state index contributed by atoms with van der Waals surface area (Å²) in [7, 11) is 0. The van der Waals surface area contributed by atoms with Crippen LogP contribution in [0.4, 0.5) is 5.69 Å². The smallest absolute Gasteiger partial charge is 0.348 e. The quantitative estimate of drug-likeness (QED) is 0.601. The summed E-state index contributed by atoms with van der Waals surface area (Å²) < 4.78 is 0. The largest absolute Gasteiger partial charge is 0.477 e. The van der Waals surface area contributed by atoms with E-state index >= 15 is 0 Å². The lowest BCUT2D eigenvalue weighted by atomic mass is 10.1. The van der Waals surface area contributed by atoms with Gasteiger partial charge in [-0.05, 0) is 29.8 Å². The first-order chi connectivity index (χ1) is 12.0. The maximum absolute atomic E-state index is 12.4. The van der Waals surface area contributed by atoms with Gasteiger partial charge >= 0.3 is 5.97 Å². The summed E-state index contributed by atoms with van der Waals surface area (Å²) in [6.45, 7) is 0. The van der Waals surface area contributed by atoms with Crippen molar-refractivity contribution in [3.63, 3.8) is 0 Å². The number of hydrogen-bond donors (Lipinski definition) is 2. The molecule has 0 saturated heterocycles. The van der Waals surface area contributed by atoms with E-state index in [0.29, 0.717) is 5.02 Å². The highest BCUT2D eigenvalue weighted by atomic mass is 35.5. The number of benzene rings is 2. The maximum atomic E-state index is 12.4. The van der Waals surface area contributed by atoms with Crippen molar-refractivity contribution in [1.82, 2.24) is 0 Å². The topological polar surface area (TPSA) is 66.4 Å². The molecule has 0 bridgehead atoms. The fraction of sp³-hybridized carbons (Fsp3) is 0. The Morgan fingerprint density at radius 1 is 1.00 bits per heavy atom. The van der Waals surface area contributed by atoms with Gasteiger partial charge in [-0.1, -0.05) is 53.5 Å². The van der Waals surface area contributed by atoms with E-state index in [0.717, 1.165) is 21.8 Å². The number of carbonyl (C=O) groups is 2. The number of halogens is 2. The van der Waals surface area contributed by atoms with Crippen molar-refractivity contribution in [2.75, 3.05) is 5.32 Å². The van der Waals surface area contributed by atoms with Crippen molar-refractivity contribution >= 4 is 52.1 Å². The van der Waals surface area contributed by atoms with E-state index < -0.39 is 11.9 Å². The van der Waals surface area contributed by atoms with Crippen LogP contribution in [0.15, 0.2) is 54.6 Å². The zero-order valence-electron chi connectivity index (χ0n) is 12.6. The van der Waals surface area contributed by atoms with Crippen molar-refractivity contribution < 1.29 is 14.7 Å². The second-order valence-electron chi connectivity index (χ2n) is 5.10. The lowest BCUT2D eigenvalue weighted by Crippen LogP contribution is -2.13. The third-order valence-electron chi connectivity index (χ3n) is 3.41. The van der Waals surface area contributed by atoms with Crippen molar-refractivity contribution in [3.8, 4) is 10.4 Å². The van der Waals surface area contributed by atoms with Crippen LogP contribution in [0, 0.1) is 0 Å².